The van der Waals surface area contributed by atoms with Crippen LogP contribution in [-0.4, -0.2) is 40.5 Å². The standard InChI is InChI=1S/C32H41N7O2/c1-5-6-12-27-20-39(30-28(21(2)3)13-7-8-14-29(30)22(4)40)32(41)38(27)19-26-18-24(15-16-33-26)23-10-9-11-25(17-23)31-34-36-37-35-31/h9-11,15-18,20-21,28-30H,5-8,12-14,19H2,1-4H3,(H,34,35,36,37). The molecule has 9 nitrogen and oxygen atoms in total. The largest absolute Gasteiger partial charge is 0.328 e. The van der Waals surface area contributed by atoms with Gasteiger partial charge in [-0.3, -0.25) is 18.9 Å². The fourth-order valence-electron chi connectivity index (χ4n) is 6.47. The molecule has 1 N–H and O–H groups in total. The molecule has 9 heteroatoms. The first-order valence-corrected chi connectivity index (χ1v) is 15.0. The van der Waals surface area contributed by atoms with Crippen LogP contribution in [-0.2, 0) is 17.8 Å². The molecule has 0 amide bonds. The van der Waals surface area contributed by atoms with Gasteiger partial charge in [-0.15, -0.1) is 10.2 Å². The van der Waals surface area contributed by atoms with Crippen molar-refractivity contribution in [2.75, 3.05) is 0 Å². The van der Waals surface area contributed by atoms with Gasteiger partial charge in [0, 0.05) is 29.6 Å². The van der Waals surface area contributed by atoms with Gasteiger partial charge in [0.15, 0.2) is 0 Å². The van der Waals surface area contributed by atoms with Gasteiger partial charge in [-0.1, -0.05) is 58.2 Å². The number of rotatable bonds is 10. The molecule has 0 saturated heterocycles. The molecule has 5 rings (SSSR count). The fraction of sp³-hybridized carbons (Fsp3) is 0.500. The Labute approximate surface area is 241 Å². The molecule has 0 bridgehead atoms. The number of nitrogens with one attached hydrogen (secondary N) is 1. The predicted molar refractivity (Wildman–Crippen MR) is 159 cm³/mol. The summed E-state index contributed by atoms with van der Waals surface area (Å²) < 4.78 is 3.81. The van der Waals surface area contributed by atoms with Gasteiger partial charge in [-0.05, 0) is 79.0 Å². The fourth-order valence-corrected chi connectivity index (χ4v) is 6.47. The zero-order valence-electron chi connectivity index (χ0n) is 24.6. The van der Waals surface area contributed by atoms with E-state index in [0.29, 0.717) is 18.3 Å². The van der Waals surface area contributed by atoms with E-state index in [-0.39, 0.29) is 29.4 Å². The van der Waals surface area contributed by atoms with E-state index in [1.165, 1.54) is 0 Å². The molecule has 0 spiro atoms. The Morgan fingerprint density at radius 2 is 1.88 bits per heavy atom. The number of imidazole rings is 1. The van der Waals surface area contributed by atoms with E-state index in [1.807, 2.05) is 45.5 Å². The predicted octanol–water partition coefficient (Wildman–Crippen LogP) is 5.88. The summed E-state index contributed by atoms with van der Waals surface area (Å²) in [6.45, 7) is 8.70. The van der Waals surface area contributed by atoms with Crippen molar-refractivity contribution >= 4 is 5.78 Å². The SMILES string of the molecule is CCCCc1cn(C2C(C(C)=O)CCCCC2C(C)C)c(=O)n1Cc1cc(-c2cccc(-c3nn[nH]n3)c2)ccn1. The molecule has 1 aliphatic rings. The highest BCUT2D eigenvalue weighted by Gasteiger charge is 2.38. The Balaban J connectivity index is 1.52. The molecular weight excluding hydrogens is 514 g/mol. The molecule has 3 aromatic heterocycles. The summed E-state index contributed by atoms with van der Waals surface area (Å²) in [5.74, 6) is 1.26. The monoisotopic (exact) mass is 555 g/mol. The molecule has 4 aromatic rings. The molecule has 3 heterocycles. The van der Waals surface area contributed by atoms with Crippen molar-refractivity contribution in [1.82, 2.24) is 34.7 Å². The molecule has 216 valence electrons. The molecule has 0 aliphatic heterocycles. The number of aryl methyl sites for hydroxylation is 1. The summed E-state index contributed by atoms with van der Waals surface area (Å²) in [6, 6.07) is 11.9. The number of pyridine rings is 1. The number of carbonyl (C=O) groups excluding carboxylic acids is 1. The first-order valence-electron chi connectivity index (χ1n) is 15.0. The molecule has 0 radical (unpaired) electrons. The second-order valence-corrected chi connectivity index (χ2v) is 11.8. The Kier molecular flexibility index (Phi) is 8.90. The summed E-state index contributed by atoms with van der Waals surface area (Å²) in [7, 11) is 0. The van der Waals surface area contributed by atoms with Crippen LogP contribution < -0.4 is 5.69 Å². The number of hydrogen-bond acceptors (Lipinski definition) is 6. The minimum Gasteiger partial charge on any atom is -0.300 e. The minimum atomic E-state index is -0.134. The number of aromatic nitrogens is 7. The number of aromatic amines is 1. The Morgan fingerprint density at radius 3 is 2.61 bits per heavy atom. The van der Waals surface area contributed by atoms with Crippen molar-refractivity contribution in [1.29, 1.82) is 0 Å². The summed E-state index contributed by atoms with van der Waals surface area (Å²) in [4.78, 5) is 31.8. The van der Waals surface area contributed by atoms with Crippen LogP contribution >= 0.6 is 0 Å². The first-order chi connectivity index (χ1) is 19.9. The lowest BCUT2D eigenvalue weighted by atomic mass is 9.78. The van der Waals surface area contributed by atoms with Crippen LogP contribution in [0.25, 0.3) is 22.5 Å². The molecule has 1 saturated carbocycles. The van der Waals surface area contributed by atoms with Gasteiger partial charge in [0.1, 0.15) is 5.78 Å². The highest BCUT2D eigenvalue weighted by molar-refractivity contribution is 5.79. The number of H-pyrrole nitrogens is 1. The van der Waals surface area contributed by atoms with Crippen molar-refractivity contribution in [3.8, 4) is 22.5 Å². The molecule has 1 fully saturated rings. The van der Waals surface area contributed by atoms with Gasteiger partial charge in [0.05, 0.1) is 18.3 Å². The van der Waals surface area contributed by atoms with Crippen molar-refractivity contribution in [2.24, 2.45) is 17.8 Å². The van der Waals surface area contributed by atoms with E-state index in [1.54, 1.807) is 13.1 Å². The van der Waals surface area contributed by atoms with Gasteiger partial charge < -0.3 is 0 Å². The van der Waals surface area contributed by atoms with E-state index >= 15 is 0 Å². The maximum atomic E-state index is 14.2. The van der Waals surface area contributed by atoms with E-state index in [0.717, 1.165) is 73.0 Å². The van der Waals surface area contributed by atoms with Gasteiger partial charge >= 0.3 is 5.69 Å². The number of benzene rings is 1. The molecule has 3 atom stereocenters. The van der Waals surface area contributed by atoms with Crippen molar-refractivity contribution in [2.45, 2.75) is 85.2 Å². The quantitative estimate of drug-likeness (QED) is 0.245. The minimum absolute atomic E-state index is 0.0359. The molecule has 1 aliphatic carbocycles. The van der Waals surface area contributed by atoms with Crippen LogP contribution in [0.3, 0.4) is 0 Å². The van der Waals surface area contributed by atoms with Crippen molar-refractivity contribution < 1.29 is 4.79 Å². The zero-order chi connectivity index (χ0) is 28.9. The summed E-state index contributed by atoms with van der Waals surface area (Å²) in [5.41, 5.74) is 4.67. The highest BCUT2D eigenvalue weighted by atomic mass is 16.2. The number of carbonyl (C=O) groups is 1. The van der Waals surface area contributed by atoms with Gasteiger partial charge in [-0.25, -0.2) is 4.79 Å². The van der Waals surface area contributed by atoms with Crippen molar-refractivity contribution in [3.63, 3.8) is 0 Å². The highest BCUT2D eigenvalue weighted by Crippen LogP contribution is 2.41. The van der Waals surface area contributed by atoms with Crippen molar-refractivity contribution in [3.05, 3.63) is 70.7 Å². The summed E-state index contributed by atoms with van der Waals surface area (Å²) in [5, 5.41) is 14.4. The van der Waals surface area contributed by atoms with E-state index in [9.17, 15) is 9.59 Å². The number of ketones is 1. The van der Waals surface area contributed by atoms with E-state index < -0.39 is 0 Å². The van der Waals surface area contributed by atoms with E-state index in [4.69, 9.17) is 0 Å². The van der Waals surface area contributed by atoms with Crippen LogP contribution in [0.5, 0.6) is 0 Å². The maximum Gasteiger partial charge on any atom is 0.328 e. The van der Waals surface area contributed by atoms with E-state index in [2.05, 4.69) is 52.6 Å². The van der Waals surface area contributed by atoms with Crippen LogP contribution in [0.15, 0.2) is 53.6 Å². The third kappa shape index (κ3) is 6.24. The van der Waals surface area contributed by atoms with Crippen LogP contribution in [0.2, 0.25) is 0 Å². The lowest BCUT2D eigenvalue weighted by Gasteiger charge is -2.33. The number of tetrazole rings is 1. The van der Waals surface area contributed by atoms with Gasteiger partial charge in [0.25, 0.3) is 0 Å². The topological polar surface area (TPSA) is 111 Å². The first kappa shape index (κ1) is 28.6. The lowest BCUT2D eigenvalue weighted by Crippen LogP contribution is -2.38. The number of nitrogens with zero attached hydrogens (tertiary/aromatic N) is 6. The Morgan fingerprint density at radius 1 is 1.10 bits per heavy atom. The average Bonchev–Trinajstić information content (AvgIpc) is 3.54. The zero-order valence-corrected chi connectivity index (χ0v) is 24.6. The Bertz CT molecular complexity index is 1520. The molecule has 41 heavy (non-hydrogen) atoms. The molecule has 3 unspecified atom stereocenters. The van der Waals surface area contributed by atoms with Gasteiger partial charge in [-0.2, -0.15) is 5.21 Å². The number of Topliss-reactive ketones (excluding diaryl/α,β-unsaturated/α-hetero) is 1. The summed E-state index contributed by atoms with van der Waals surface area (Å²) in [6.07, 6.45) is 10.7. The van der Waals surface area contributed by atoms with Crippen LogP contribution in [0, 0.1) is 17.8 Å². The molecular formula is C32H41N7O2. The second-order valence-electron chi connectivity index (χ2n) is 11.8. The normalized spacial score (nSPS) is 19.4. The van der Waals surface area contributed by atoms with Crippen LogP contribution in [0.4, 0.5) is 0 Å². The molecule has 1 aromatic carbocycles. The summed E-state index contributed by atoms with van der Waals surface area (Å²) >= 11 is 0. The lowest BCUT2D eigenvalue weighted by molar-refractivity contribution is -0.123. The second kappa shape index (κ2) is 12.7. The van der Waals surface area contributed by atoms with Crippen LogP contribution in [0.1, 0.15) is 83.6 Å². The Hall–Kier alpha value is -3.88. The van der Waals surface area contributed by atoms with Gasteiger partial charge in [0.2, 0.25) is 5.82 Å². The number of hydrogen-bond donors (Lipinski definition) is 1. The number of unbranched alkanes of at least 4 members (excludes halogenated alkanes) is 1. The average molecular weight is 556 g/mol. The third-order valence-corrected chi connectivity index (χ3v) is 8.66. The smallest absolute Gasteiger partial charge is 0.300 e. The third-order valence-electron chi connectivity index (χ3n) is 8.66. The maximum absolute atomic E-state index is 14.2.